The Labute approximate surface area is 199 Å². The number of rotatable bonds is 5. The maximum absolute atomic E-state index is 10.3. The molecule has 1 saturated heterocycles. The zero-order valence-electron chi connectivity index (χ0n) is 19.1. The molecule has 172 valence electrons. The molecule has 0 unspecified atom stereocenters. The summed E-state index contributed by atoms with van der Waals surface area (Å²) >= 11 is 0. The summed E-state index contributed by atoms with van der Waals surface area (Å²) in [5.74, 6) is 1.40. The lowest BCUT2D eigenvalue weighted by Gasteiger charge is -2.26. The average Bonchev–Trinajstić information content (AvgIpc) is 3.20. The molecular formula is C29H28N2O3. The standard InChI is InChI=1S/C29H28N2O3/c32-22-6-7-25-21(14-22)17-28-27(25)16-19-4-5-23(33)18-26(19)29(28)20-2-1-3-24(15-20)34-13-12-31-10-8-30-9-11-31/h1-7,14-16,18,30,32-33H,8-13,17H2. The second-order valence-corrected chi connectivity index (χ2v) is 9.17. The lowest BCUT2D eigenvalue weighted by atomic mass is 9.89. The molecule has 4 aromatic rings. The number of nitrogens with one attached hydrogen (secondary N) is 1. The van der Waals surface area contributed by atoms with E-state index in [1.54, 1.807) is 12.1 Å². The van der Waals surface area contributed by atoms with E-state index in [4.69, 9.17) is 4.74 Å². The van der Waals surface area contributed by atoms with Crippen LogP contribution in [0.4, 0.5) is 0 Å². The van der Waals surface area contributed by atoms with Gasteiger partial charge in [-0.1, -0.05) is 24.3 Å². The van der Waals surface area contributed by atoms with E-state index in [0.29, 0.717) is 6.61 Å². The summed E-state index contributed by atoms with van der Waals surface area (Å²) < 4.78 is 6.16. The first-order valence-electron chi connectivity index (χ1n) is 11.9. The van der Waals surface area contributed by atoms with Crippen LogP contribution in [0.2, 0.25) is 0 Å². The van der Waals surface area contributed by atoms with E-state index in [9.17, 15) is 10.2 Å². The van der Waals surface area contributed by atoms with Crippen molar-refractivity contribution in [2.45, 2.75) is 6.42 Å². The second kappa shape index (κ2) is 8.67. The molecule has 1 aliphatic carbocycles. The Morgan fingerprint density at radius 2 is 1.68 bits per heavy atom. The van der Waals surface area contributed by atoms with Crippen molar-refractivity contribution in [3.05, 3.63) is 77.9 Å². The third kappa shape index (κ3) is 3.87. The van der Waals surface area contributed by atoms with Gasteiger partial charge in [0, 0.05) is 32.7 Å². The number of hydrogen-bond donors (Lipinski definition) is 3. The molecule has 0 aromatic heterocycles. The number of aromatic hydroxyl groups is 2. The van der Waals surface area contributed by atoms with Crippen LogP contribution in [-0.4, -0.2) is 54.4 Å². The molecule has 0 atom stereocenters. The second-order valence-electron chi connectivity index (χ2n) is 9.17. The van der Waals surface area contributed by atoms with Crippen molar-refractivity contribution in [2.24, 2.45) is 0 Å². The van der Waals surface area contributed by atoms with Gasteiger partial charge in [-0.15, -0.1) is 0 Å². The largest absolute Gasteiger partial charge is 0.508 e. The van der Waals surface area contributed by atoms with E-state index >= 15 is 0 Å². The number of ether oxygens (including phenoxy) is 1. The average molecular weight is 453 g/mol. The molecular weight excluding hydrogens is 424 g/mol. The van der Waals surface area contributed by atoms with E-state index in [2.05, 4.69) is 28.4 Å². The molecule has 3 N–H and O–H groups in total. The van der Waals surface area contributed by atoms with Crippen LogP contribution in [0.1, 0.15) is 11.1 Å². The van der Waals surface area contributed by atoms with Crippen molar-refractivity contribution in [3.63, 3.8) is 0 Å². The first kappa shape index (κ1) is 21.0. The van der Waals surface area contributed by atoms with Crippen molar-refractivity contribution in [1.29, 1.82) is 0 Å². The van der Waals surface area contributed by atoms with Gasteiger partial charge < -0.3 is 20.3 Å². The van der Waals surface area contributed by atoms with Crippen LogP contribution in [0.3, 0.4) is 0 Å². The molecule has 1 heterocycles. The third-order valence-corrected chi connectivity index (χ3v) is 6.99. The molecule has 5 heteroatoms. The lowest BCUT2D eigenvalue weighted by molar-refractivity contribution is 0.191. The van der Waals surface area contributed by atoms with Crippen LogP contribution in [0.5, 0.6) is 17.2 Å². The predicted molar refractivity (Wildman–Crippen MR) is 136 cm³/mol. The highest BCUT2D eigenvalue weighted by Crippen LogP contribution is 2.47. The van der Waals surface area contributed by atoms with Gasteiger partial charge in [0.25, 0.3) is 0 Å². The maximum Gasteiger partial charge on any atom is 0.119 e. The van der Waals surface area contributed by atoms with Crippen LogP contribution in [-0.2, 0) is 6.42 Å². The zero-order valence-corrected chi connectivity index (χ0v) is 19.1. The van der Waals surface area contributed by atoms with Gasteiger partial charge in [0.05, 0.1) is 0 Å². The molecule has 0 saturated carbocycles. The van der Waals surface area contributed by atoms with Gasteiger partial charge in [-0.25, -0.2) is 0 Å². The van der Waals surface area contributed by atoms with Crippen LogP contribution >= 0.6 is 0 Å². The quantitative estimate of drug-likeness (QED) is 0.358. The molecule has 5 nitrogen and oxygen atoms in total. The highest BCUT2D eigenvalue weighted by molar-refractivity contribution is 6.05. The Morgan fingerprint density at radius 1 is 0.853 bits per heavy atom. The fourth-order valence-corrected chi connectivity index (χ4v) is 5.33. The van der Waals surface area contributed by atoms with Crippen LogP contribution in [0, 0.1) is 0 Å². The van der Waals surface area contributed by atoms with E-state index in [1.165, 1.54) is 11.1 Å². The number of fused-ring (bicyclic) bond motifs is 4. The zero-order chi connectivity index (χ0) is 23.1. The minimum Gasteiger partial charge on any atom is -0.508 e. The lowest BCUT2D eigenvalue weighted by Crippen LogP contribution is -2.44. The maximum atomic E-state index is 10.3. The van der Waals surface area contributed by atoms with E-state index in [0.717, 1.165) is 77.9 Å². The Morgan fingerprint density at radius 3 is 2.56 bits per heavy atom. The topological polar surface area (TPSA) is 65.0 Å². The molecule has 1 fully saturated rings. The van der Waals surface area contributed by atoms with E-state index in [1.807, 2.05) is 36.4 Å². The smallest absolute Gasteiger partial charge is 0.119 e. The summed E-state index contributed by atoms with van der Waals surface area (Å²) in [6, 6.07) is 21.6. The summed E-state index contributed by atoms with van der Waals surface area (Å²) in [5.41, 5.74) is 6.88. The number of nitrogens with zero attached hydrogens (tertiary/aromatic N) is 1. The fraction of sp³-hybridized carbons (Fsp3) is 0.241. The summed E-state index contributed by atoms with van der Waals surface area (Å²) in [4.78, 5) is 2.42. The van der Waals surface area contributed by atoms with Gasteiger partial charge in [0.15, 0.2) is 0 Å². The normalized spacial score (nSPS) is 15.3. The van der Waals surface area contributed by atoms with Crippen LogP contribution in [0.15, 0.2) is 66.7 Å². The highest BCUT2D eigenvalue weighted by Gasteiger charge is 2.25. The SMILES string of the molecule is Oc1ccc2c(c1)Cc1c-2cc2ccc(O)cc2c1-c1cccc(OCCN2CCNCC2)c1. The van der Waals surface area contributed by atoms with Crippen molar-refractivity contribution >= 4 is 10.8 Å². The van der Waals surface area contributed by atoms with Crippen molar-refractivity contribution < 1.29 is 14.9 Å². The van der Waals surface area contributed by atoms with Gasteiger partial charge in [0.2, 0.25) is 0 Å². The predicted octanol–water partition coefficient (Wildman–Crippen LogP) is 4.77. The van der Waals surface area contributed by atoms with Gasteiger partial charge in [0.1, 0.15) is 23.9 Å². The molecule has 4 aromatic carbocycles. The van der Waals surface area contributed by atoms with Crippen LogP contribution < -0.4 is 10.1 Å². The molecule has 6 rings (SSSR count). The summed E-state index contributed by atoms with van der Waals surface area (Å²) in [6.45, 7) is 5.77. The van der Waals surface area contributed by atoms with E-state index < -0.39 is 0 Å². The Kier molecular flexibility index (Phi) is 5.36. The molecule has 0 spiro atoms. The van der Waals surface area contributed by atoms with Gasteiger partial charge in [-0.3, -0.25) is 4.90 Å². The monoisotopic (exact) mass is 452 g/mol. The van der Waals surface area contributed by atoms with Gasteiger partial charge in [-0.2, -0.15) is 0 Å². The summed E-state index contributed by atoms with van der Waals surface area (Å²) in [6.07, 6.45) is 0.744. The number of piperazine rings is 1. The van der Waals surface area contributed by atoms with Crippen LogP contribution in [0.25, 0.3) is 33.0 Å². The Balaban J connectivity index is 1.39. The molecule has 0 bridgehead atoms. The third-order valence-electron chi connectivity index (χ3n) is 6.99. The van der Waals surface area contributed by atoms with Gasteiger partial charge in [-0.05, 0) is 93.0 Å². The fourth-order valence-electron chi connectivity index (χ4n) is 5.33. The molecule has 1 aliphatic heterocycles. The number of phenolic OH excluding ortho intramolecular Hbond substituents is 2. The molecule has 0 radical (unpaired) electrons. The summed E-state index contributed by atoms with van der Waals surface area (Å²) in [7, 11) is 0. The molecule has 34 heavy (non-hydrogen) atoms. The van der Waals surface area contributed by atoms with Gasteiger partial charge >= 0.3 is 0 Å². The first-order chi connectivity index (χ1) is 16.7. The Bertz CT molecular complexity index is 1380. The molecule has 2 aliphatic rings. The van der Waals surface area contributed by atoms with E-state index in [-0.39, 0.29) is 11.5 Å². The number of phenols is 2. The minimum atomic E-state index is 0.255. The van der Waals surface area contributed by atoms with Crippen molar-refractivity contribution in [1.82, 2.24) is 10.2 Å². The van der Waals surface area contributed by atoms with Crippen molar-refractivity contribution in [2.75, 3.05) is 39.3 Å². The highest BCUT2D eigenvalue weighted by atomic mass is 16.5. The minimum absolute atomic E-state index is 0.255. The first-order valence-corrected chi connectivity index (χ1v) is 11.9. The van der Waals surface area contributed by atoms with Crippen molar-refractivity contribution in [3.8, 4) is 39.5 Å². The number of benzene rings is 4. The number of hydrogen-bond acceptors (Lipinski definition) is 5. The Hall–Kier alpha value is -3.54. The molecule has 0 amide bonds. The summed E-state index contributed by atoms with van der Waals surface area (Å²) in [5, 5.41) is 25.8.